The van der Waals surface area contributed by atoms with Gasteiger partial charge in [0.2, 0.25) is 0 Å². The fraction of sp³-hybridized carbons (Fsp3) is 0.545. The number of hydrogen-bond donors (Lipinski definition) is 1. The van der Waals surface area contributed by atoms with E-state index >= 15 is 0 Å². The summed E-state index contributed by atoms with van der Waals surface area (Å²) in [5, 5.41) is 8.06. The van der Waals surface area contributed by atoms with Crippen molar-refractivity contribution in [2.45, 2.75) is 39.1 Å². The van der Waals surface area contributed by atoms with E-state index in [9.17, 15) is 0 Å². The molecular formula is C22H33IN6O. The molecule has 0 amide bonds. The van der Waals surface area contributed by atoms with Crippen LogP contribution in [0.1, 0.15) is 22.5 Å². The van der Waals surface area contributed by atoms with Crippen LogP contribution in [0.25, 0.3) is 0 Å². The Kier molecular flexibility index (Phi) is 7.75. The molecule has 1 aromatic carbocycles. The van der Waals surface area contributed by atoms with Crippen LogP contribution < -0.4 is 5.32 Å². The van der Waals surface area contributed by atoms with E-state index in [2.05, 4.69) is 69.4 Å². The summed E-state index contributed by atoms with van der Waals surface area (Å²) in [5.74, 6) is 0.935. The molecule has 4 rings (SSSR count). The number of nitrogens with zero attached hydrogens (tertiary/aromatic N) is 5. The van der Waals surface area contributed by atoms with Crippen molar-refractivity contribution in [3.63, 3.8) is 0 Å². The third-order valence-electron chi connectivity index (χ3n) is 6.24. The molecule has 8 heteroatoms. The first-order chi connectivity index (χ1) is 14.1. The number of hydrogen-bond acceptors (Lipinski definition) is 4. The molecule has 7 nitrogen and oxygen atoms in total. The van der Waals surface area contributed by atoms with Crippen LogP contribution in [-0.2, 0) is 24.9 Å². The van der Waals surface area contributed by atoms with Crippen LogP contribution in [0.15, 0.2) is 35.3 Å². The van der Waals surface area contributed by atoms with Gasteiger partial charge in [0.05, 0.1) is 24.4 Å². The number of aryl methyl sites for hydroxylation is 2. The molecule has 2 atom stereocenters. The van der Waals surface area contributed by atoms with E-state index in [-0.39, 0.29) is 30.1 Å². The first-order valence-electron chi connectivity index (χ1n) is 10.4. The molecule has 30 heavy (non-hydrogen) atoms. The molecule has 2 aromatic rings. The fourth-order valence-corrected chi connectivity index (χ4v) is 4.52. The van der Waals surface area contributed by atoms with Crippen LogP contribution in [0.2, 0.25) is 0 Å². The first kappa shape index (κ1) is 23.0. The van der Waals surface area contributed by atoms with Gasteiger partial charge in [-0.25, -0.2) is 0 Å². The van der Waals surface area contributed by atoms with Crippen molar-refractivity contribution in [1.29, 1.82) is 0 Å². The highest BCUT2D eigenvalue weighted by Gasteiger charge is 2.41. The number of likely N-dealkylation sites (tertiary alicyclic amines) is 1. The normalized spacial score (nSPS) is 22.0. The molecule has 0 bridgehead atoms. The summed E-state index contributed by atoms with van der Waals surface area (Å²) in [5.41, 5.74) is 4.86. The summed E-state index contributed by atoms with van der Waals surface area (Å²) in [6.07, 6.45) is 0.230. The van der Waals surface area contributed by atoms with E-state index in [0.29, 0.717) is 6.04 Å². The first-order valence-corrected chi connectivity index (χ1v) is 10.4. The molecule has 1 N–H and O–H groups in total. The standard InChI is InChI=1S/C22H32N6O.HI/c1-16-19(17(2)26(4)25-16)12-24-22(23-3)28-14-20-21(15-28)29-11-10-27(20)13-18-8-6-5-7-9-18;/h5-9,20-21H,10-15H2,1-4H3,(H,23,24);1H. The minimum atomic E-state index is 0. The lowest BCUT2D eigenvalue weighted by atomic mass is 10.1. The highest BCUT2D eigenvalue weighted by atomic mass is 127. The van der Waals surface area contributed by atoms with Crippen molar-refractivity contribution in [2.75, 3.05) is 33.3 Å². The number of morpholine rings is 1. The van der Waals surface area contributed by atoms with Crippen LogP contribution in [0.4, 0.5) is 0 Å². The van der Waals surface area contributed by atoms with Gasteiger partial charge in [0.1, 0.15) is 0 Å². The zero-order valence-corrected chi connectivity index (χ0v) is 20.7. The highest BCUT2D eigenvalue weighted by Crippen LogP contribution is 2.25. The third-order valence-corrected chi connectivity index (χ3v) is 6.24. The SMILES string of the molecule is CN=C(NCc1c(C)nn(C)c1C)N1CC2OCCN(Cc3ccccc3)C2C1.I. The smallest absolute Gasteiger partial charge is 0.194 e. The molecule has 2 aliphatic heterocycles. The van der Waals surface area contributed by atoms with Crippen LogP contribution in [0, 0.1) is 13.8 Å². The number of ether oxygens (including phenoxy) is 1. The zero-order valence-electron chi connectivity index (χ0n) is 18.3. The van der Waals surface area contributed by atoms with Gasteiger partial charge < -0.3 is 15.0 Å². The number of fused-ring (bicyclic) bond motifs is 1. The van der Waals surface area contributed by atoms with Gasteiger partial charge in [-0.15, -0.1) is 24.0 Å². The Morgan fingerprint density at radius 2 is 2.00 bits per heavy atom. The van der Waals surface area contributed by atoms with Crippen molar-refractivity contribution in [2.24, 2.45) is 12.0 Å². The summed E-state index contributed by atoms with van der Waals surface area (Å²) in [4.78, 5) is 9.44. The average Bonchev–Trinajstić information content (AvgIpc) is 3.26. The van der Waals surface area contributed by atoms with Crippen LogP contribution >= 0.6 is 24.0 Å². The lowest BCUT2D eigenvalue weighted by Crippen LogP contribution is -2.50. The topological polar surface area (TPSA) is 57.9 Å². The predicted octanol–water partition coefficient (Wildman–Crippen LogP) is 2.32. The summed E-state index contributed by atoms with van der Waals surface area (Å²) < 4.78 is 8.06. The van der Waals surface area contributed by atoms with E-state index in [1.165, 1.54) is 16.8 Å². The van der Waals surface area contributed by atoms with E-state index in [0.717, 1.165) is 51.0 Å². The Balaban J connectivity index is 0.00000256. The number of rotatable bonds is 4. The summed E-state index contributed by atoms with van der Waals surface area (Å²) in [6.45, 7) is 9.46. The van der Waals surface area contributed by atoms with Crippen molar-refractivity contribution < 1.29 is 4.74 Å². The van der Waals surface area contributed by atoms with Gasteiger partial charge in [-0.3, -0.25) is 14.6 Å². The Bertz CT molecular complexity index is 868. The lowest BCUT2D eigenvalue weighted by molar-refractivity contribution is -0.0502. The number of halogens is 1. The zero-order chi connectivity index (χ0) is 20.4. The molecule has 164 valence electrons. The summed E-state index contributed by atoms with van der Waals surface area (Å²) >= 11 is 0. The minimum absolute atomic E-state index is 0. The third kappa shape index (κ3) is 4.81. The largest absolute Gasteiger partial charge is 0.373 e. The Morgan fingerprint density at radius 1 is 1.23 bits per heavy atom. The van der Waals surface area contributed by atoms with E-state index < -0.39 is 0 Å². The van der Waals surface area contributed by atoms with Crippen molar-refractivity contribution in [1.82, 2.24) is 24.9 Å². The van der Waals surface area contributed by atoms with Gasteiger partial charge in [0, 0.05) is 58.1 Å². The monoisotopic (exact) mass is 524 g/mol. The molecule has 1 aromatic heterocycles. The number of guanidine groups is 1. The molecule has 0 saturated carbocycles. The minimum Gasteiger partial charge on any atom is -0.373 e. The molecule has 0 spiro atoms. The Labute approximate surface area is 196 Å². The van der Waals surface area contributed by atoms with Crippen LogP contribution in [0.3, 0.4) is 0 Å². The Morgan fingerprint density at radius 3 is 2.67 bits per heavy atom. The molecule has 3 heterocycles. The second-order valence-corrected chi connectivity index (χ2v) is 8.01. The summed E-state index contributed by atoms with van der Waals surface area (Å²) in [6, 6.07) is 11.1. The summed E-state index contributed by atoms with van der Waals surface area (Å²) in [7, 11) is 3.85. The number of aliphatic imine (C=N–C) groups is 1. The van der Waals surface area contributed by atoms with Gasteiger partial charge in [-0.05, 0) is 19.4 Å². The van der Waals surface area contributed by atoms with Crippen molar-refractivity contribution in [3.8, 4) is 0 Å². The molecule has 2 fully saturated rings. The van der Waals surface area contributed by atoms with Gasteiger partial charge >= 0.3 is 0 Å². The van der Waals surface area contributed by atoms with E-state index in [4.69, 9.17) is 4.74 Å². The maximum absolute atomic E-state index is 6.12. The van der Waals surface area contributed by atoms with Gasteiger partial charge in [0.15, 0.2) is 5.96 Å². The van der Waals surface area contributed by atoms with E-state index in [1.807, 2.05) is 18.8 Å². The lowest BCUT2D eigenvalue weighted by Gasteiger charge is -2.36. The maximum Gasteiger partial charge on any atom is 0.194 e. The Hall–Kier alpha value is -1.65. The molecule has 0 aliphatic carbocycles. The van der Waals surface area contributed by atoms with Gasteiger partial charge in [-0.1, -0.05) is 30.3 Å². The average molecular weight is 524 g/mol. The number of aromatic nitrogens is 2. The second kappa shape index (κ2) is 10.1. The van der Waals surface area contributed by atoms with Gasteiger partial charge in [-0.2, -0.15) is 5.10 Å². The molecule has 0 radical (unpaired) electrons. The number of benzene rings is 1. The van der Waals surface area contributed by atoms with Crippen LogP contribution in [-0.4, -0.2) is 71.0 Å². The van der Waals surface area contributed by atoms with Crippen molar-refractivity contribution >= 4 is 29.9 Å². The molecule has 2 saturated heterocycles. The second-order valence-electron chi connectivity index (χ2n) is 8.01. The molecule has 2 unspecified atom stereocenters. The van der Waals surface area contributed by atoms with Crippen molar-refractivity contribution in [3.05, 3.63) is 52.8 Å². The van der Waals surface area contributed by atoms with E-state index in [1.54, 1.807) is 0 Å². The van der Waals surface area contributed by atoms with Crippen LogP contribution in [0.5, 0.6) is 0 Å². The maximum atomic E-state index is 6.12. The quantitative estimate of drug-likeness (QED) is 0.378. The fourth-order valence-electron chi connectivity index (χ4n) is 4.52. The highest BCUT2D eigenvalue weighted by molar-refractivity contribution is 14.0. The predicted molar refractivity (Wildman–Crippen MR) is 130 cm³/mol. The molecule has 2 aliphatic rings. The van der Waals surface area contributed by atoms with Gasteiger partial charge in [0.25, 0.3) is 0 Å². The number of nitrogens with one attached hydrogen (secondary N) is 1. The molecular weight excluding hydrogens is 491 g/mol.